The molecule has 2 rings (SSSR count). The molecule has 1 heterocycles. The van der Waals surface area contributed by atoms with E-state index in [2.05, 4.69) is 11.8 Å². The Morgan fingerprint density at radius 1 is 1.40 bits per heavy atom. The molecular weight excluding hydrogens is 256 g/mol. The van der Waals surface area contributed by atoms with E-state index < -0.39 is 5.97 Å². The van der Waals surface area contributed by atoms with Crippen molar-refractivity contribution in [2.75, 3.05) is 13.2 Å². The minimum atomic E-state index is -0.531. The molecule has 1 atom stereocenters. The standard InChI is InChI=1S/C16H18O4/c1-2-18-15(17)11-10-13-7-3-4-8-14(13)20-16-9-5-6-12-19-16/h3-4,7-8,16H,2,5-6,9,12H2,1H3. The second-order valence-corrected chi connectivity index (χ2v) is 4.38. The first-order valence-corrected chi connectivity index (χ1v) is 6.85. The summed E-state index contributed by atoms with van der Waals surface area (Å²) in [5.41, 5.74) is 0.662. The van der Waals surface area contributed by atoms with E-state index in [4.69, 9.17) is 14.2 Å². The summed E-state index contributed by atoms with van der Waals surface area (Å²) in [5.74, 6) is 5.33. The molecule has 0 saturated carbocycles. The molecule has 1 saturated heterocycles. The normalized spacial score (nSPS) is 17.8. The summed E-state index contributed by atoms with van der Waals surface area (Å²) < 4.78 is 16.1. The van der Waals surface area contributed by atoms with E-state index >= 15 is 0 Å². The fourth-order valence-electron chi connectivity index (χ4n) is 1.90. The molecule has 1 aromatic rings. The van der Waals surface area contributed by atoms with E-state index in [9.17, 15) is 4.79 Å². The van der Waals surface area contributed by atoms with Crippen LogP contribution in [0.15, 0.2) is 24.3 Å². The van der Waals surface area contributed by atoms with Gasteiger partial charge in [-0.25, -0.2) is 4.79 Å². The van der Waals surface area contributed by atoms with Crippen molar-refractivity contribution in [1.29, 1.82) is 0 Å². The SMILES string of the molecule is CCOC(=O)C#Cc1ccccc1OC1CCCCO1. The molecule has 20 heavy (non-hydrogen) atoms. The Bertz CT molecular complexity index is 507. The van der Waals surface area contributed by atoms with Gasteiger partial charge < -0.3 is 14.2 Å². The molecule has 106 valence electrons. The van der Waals surface area contributed by atoms with Crippen molar-refractivity contribution in [2.24, 2.45) is 0 Å². The molecule has 0 spiro atoms. The maximum atomic E-state index is 11.3. The third-order valence-corrected chi connectivity index (χ3v) is 2.86. The highest BCUT2D eigenvalue weighted by Gasteiger charge is 2.16. The van der Waals surface area contributed by atoms with Gasteiger partial charge in [0.1, 0.15) is 5.75 Å². The summed E-state index contributed by atoms with van der Waals surface area (Å²) in [5, 5.41) is 0. The summed E-state index contributed by atoms with van der Waals surface area (Å²) in [4.78, 5) is 11.3. The van der Waals surface area contributed by atoms with Gasteiger partial charge in [-0.15, -0.1) is 0 Å². The summed E-state index contributed by atoms with van der Waals surface area (Å²) in [6.07, 6.45) is 2.82. The molecule has 0 radical (unpaired) electrons. The number of ether oxygens (including phenoxy) is 3. The maximum absolute atomic E-state index is 11.3. The van der Waals surface area contributed by atoms with Crippen molar-refractivity contribution in [3.05, 3.63) is 29.8 Å². The largest absolute Gasteiger partial charge is 0.464 e. The predicted octanol–water partition coefficient (Wildman–Crippen LogP) is 2.51. The Labute approximate surface area is 119 Å². The fourth-order valence-corrected chi connectivity index (χ4v) is 1.90. The van der Waals surface area contributed by atoms with Gasteiger partial charge in [0.25, 0.3) is 0 Å². The highest BCUT2D eigenvalue weighted by molar-refractivity contribution is 5.89. The van der Waals surface area contributed by atoms with Crippen LogP contribution in [0.3, 0.4) is 0 Å². The van der Waals surface area contributed by atoms with Crippen LogP contribution in [0.4, 0.5) is 0 Å². The highest BCUT2D eigenvalue weighted by Crippen LogP contribution is 2.22. The average molecular weight is 274 g/mol. The van der Waals surface area contributed by atoms with Crippen molar-refractivity contribution in [3.63, 3.8) is 0 Å². The van der Waals surface area contributed by atoms with E-state index in [0.29, 0.717) is 17.9 Å². The highest BCUT2D eigenvalue weighted by atomic mass is 16.7. The molecule has 1 aliphatic rings. The molecule has 1 unspecified atom stereocenters. The van der Waals surface area contributed by atoms with Gasteiger partial charge in [-0.2, -0.15) is 0 Å². The zero-order valence-corrected chi connectivity index (χ0v) is 11.6. The van der Waals surface area contributed by atoms with E-state index in [0.717, 1.165) is 25.9 Å². The summed E-state index contributed by atoms with van der Waals surface area (Å²) in [6.45, 7) is 2.79. The molecule has 1 aliphatic heterocycles. The Kier molecular flexibility index (Phi) is 5.45. The number of hydrogen-bond donors (Lipinski definition) is 0. The van der Waals surface area contributed by atoms with Crippen LogP contribution in [0.2, 0.25) is 0 Å². The molecule has 0 amide bonds. The van der Waals surface area contributed by atoms with Crippen molar-refractivity contribution in [3.8, 4) is 17.6 Å². The molecule has 4 heteroatoms. The molecule has 0 aromatic heterocycles. The first-order valence-electron chi connectivity index (χ1n) is 6.85. The third kappa shape index (κ3) is 4.29. The number of carbonyl (C=O) groups excluding carboxylic acids is 1. The number of rotatable bonds is 3. The van der Waals surface area contributed by atoms with Crippen LogP contribution < -0.4 is 4.74 Å². The maximum Gasteiger partial charge on any atom is 0.384 e. The number of carbonyl (C=O) groups is 1. The monoisotopic (exact) mass is 274 g/mol. The molecular formula is C16H18O4. The van der Waals surface area contributed by atoms with E-state index in [1.807, 2.05) is 24.3 Å². The van der Waals surface area contributed by atoms with Gasteiger partial charge in [0.05, 0.1) is 18.8 Å². The van der Waals surface area contributed by atoms with Crippen molar-refractivity contribution in [1.82, 2.24) is 0 Å². The molecule has 1 aromatic carbocycles. The van der Waals surface area contributed by atoms with Crippen LogP contribution in [-0.2, 0) is 14.3 Å². The lowest BCUT2D eigenvalue weighted by atomic mass is 10.2. The van der Waals surface area contributed by atoms with Crippen LogP contribution in [0.5, 0.6) is 5.75 Å². The average Bonchev–Trinajstić information content (AvgIpc) is 2.48. The summed E-state index contributed by atoms with van der Waals surface area (Å²) >= 11 is 0. The van der Waals surface area contributed by atoms with Crippen molar-refractivity contribution in [2.45, 2.75) is 32.5 Å². The zero-order chi connectivity index (χ0) is 14.2. The fraction of sp³-hybridized carbons (Fsp3) is 0.438. The molecule has 4 nitrogen and oxygen atoms in total. The molecule has 0 aliphatic carbocycles. The van der Waals surface area contributed by atoms with Crippen LogP contribution in [0, 0.1) is 11.8 Å². The van der Waals surface area contributed by atoms with Gasteiger partial charge >= 0.3 is 5.97 Å². The lowest BCUT2D eigenvalue weighted by Crippen LogP contribution is -2.25. The zero-order valence-electron chi connectivity index (χ0n) is 11.6. The van der Waals surface area contributed by atoms with Crippen LogP contribution in [0.25, 0.3) is 0 Å². The number of para-hydroxylation sites is 1. The Balaban J connectivity index is 2.07. The molecule has 0 N–H and O–H groups in total. The lowest BCUT2D eigenvalue weighted by molar-refractivity contribution is -0.136. The van der Waals surface area contributed by atoms with Crippen LogP contribution >= 0.6 is 0 Å². The topological polar surface area (TPSA) is 44.8 Å². The lowest BCUT2D eigenvalue weighted by Gasteiger charge is -2.23. The number of benzene rings is 1. The van der Waals surface area contributed by atoms with E-state index in [1.165, 1.54) is 0 Å². The van der Waals surface area contributed by atoms with Gasteiger partial charge in [0.2, 0.25) is 0 Å². The van der Waals surface area contributed by atoms with Gasteiger partial charge in [-0.05, 0) is 31.9 Å². The first-order chi connectivity index (χ1) is 9.79. The summed E-state index contributed by atoms with van der Waals surface area (Å²) in [7, 11) is 0. The van der Waals surface area contributed by atoms with Crippen molar-refractivity contribution >= 4 is 5.97 Å². The Hall–Kier alpha value is -1.99. The smallest absolute Gasteiger partial charge is 0.384 e. The van der Waals surface area contributed by atoms with Gasteiger partial charge in [-0.1, -0.05) is 18.1 Å². The molecule has 0 bridgehead atoms. The number of esters is 1. The third-order valence-electron chi connectivity index (χ3n) is 2.86. The first kappa shape index (κ1) is 14.4. The van der Waals surface area contributed by atoms with E-state index in [-0.39, 0.29) is 6.29 Å². The second-order valence-electron chi connectivity index (χ2n) is 4.38. The van der Waals surface area contributed by atoms with E-state index in [1.54, 1.807) is 6.92 Å². The second kappa shape index (κ2) is 7.56. The van der Waals surface area contributed by atoms with Gasteiger partial charge in [0, 0.05) is 12.3 Å². The molecule has 1 fully saturated rings. The quantitative estimate of drug-likeness (QED) is 0.627. The minimum absolute atomic E-state index is 0.228. The van der Waals surface area contributed by atoms with Gasteiger partial charge in [-0.3, -0.25) is 0 Å². The van der Waals surface area contributed by atoms with Crippen molar-refractivity contribution < 1.29 is 19.0 Å². The Morgan fingerprint density at radius 2 is 2.25 bits per heavy atom. The van der Waals surface area contributed by atoms with Crippen LogP contribution in [-0.4, -0.2) is 25.5 Å². The Morgan fingerprint density at radius 3 is 3.00 bits per heavy atom. The summed E-state index contributed by atoms with van der Waals surface area (Å²) in [6, 6.07) is 7.36. The minimum Gasteiger partial charge on any atom is -0.464 e. The van der Waals surface area contributed by atoms with Crippen LogP contribution in [0.1, 0.15) is 31.7 Å². The van der Waals surface area contributed by atoms with Gasteiger partial charge in [0.15, 0.2) is 6.29 Å². The predicted molar refractivity (Wildman–Crippen MR) is 74.2 cm³/mol. The number of hydrogen-bond acceptors (Lipinski definition) is 4.